The van der Waals surface area contributed by atoms with Crippen LogP contribution in [0.2, 0.25) is 0 Å². The zero-order valence-electron chi connectivity index (χ0n) is 35.1. The van der Waals surface area contributed by atoms with Gasteiger partial charge >= 0.3 is 0 Å². The lowest BCUT2D eigenvalue weighted by Crippen LogP contribution is -1.91. The molecule has 11 rings (SSSR count). The SMILES string of the molecule is [2H]c1c([2H])c([2H])c2c(-c3ccc4oc5cc6ccccc6cc5c4c3)c3c([2H])c([2H])c([2H])c([2H])c3c(-c3ccc(-c4cccc5c4ccc4ccccc45)cc3)c2c1[2H]. The van der Waals surface area contributed by atoms with E-state index in [4.69, 9.17) is 9.90 Å². The van der Waals surface area contributed by atoms with Crippen LogP contribution in [0.15, 0.2) is 186 Å². The lowest BCUT2D eigenvalue weighted by molar-refractivity contribution is 0.669. The summed E-state index contributed by atoms with van der Waals surface area (Å²) in [7, 11) is 0. The molecule has 51 heavy (non-hydrogen) atoms. The number of furan rings is 1. The predicted molar refractivity (Wildman–Crippen MR) is 218 cm³/mol. The molecule has 0 unspecified atom stereocenters. The van der Waals surface area contributed by atoms with E-state index in [-0.39, 0.29) is 45.7 Å². The van der Waals surface area contributed by atoms with Crippen molar-refractivity contribution < 1.29 is 15.4 Å². The summed E-state index contributed by atoms with van der Waals surface area (Å²) in [5.41, 5.74) is 4.95. The summed E-state index contributed by atoms with van der Waals surface area (Å²) < 4.78 is 79.3. The Kier molecular flexibility index (Phi) is 4.57. The van der Waals surface area contributed by atoms with Gasteiger partial charge in [0, 0.05) is 10.8 Å². The van der Waals surface area contributed by atoms with Crippen molar-refractivity contribution >= 4 is 75.8 Å². The molecule has 0 N–H and O–H groups in total. The molecule has 0 atom stereocenters. The third-order valence-corrected chi connectivity index (χ3v) is 10.3. The van der Waals surface area contributed by atoms with Crippen molar-refractivity contribution in [3.05, 3.63) is 182 Å². The molecule has 0 radical (unpaired) electrons. The third kappa shape index (κ3) is 4.28. The Morgan fingerprint density at radius 2 is 0.902 bits per heavy atom. The second-order valence-electron chi connectivity index (χ2n) is 13.0. The second kappa shape index (κ2) is 10.9. The molecule has 0 aliphatic heterocycles. The van der Waals surface area contributed by atoms with E-state index in [1.807, 2.05) is 84.9 Å². The largest absolute Gasteiger partial charge is 0.456 e. The van der Waals surface area contributed by atoms with E-state index in [2.05, 4.69) is 42.5 Å². The van der Waals surface area contributed by atoms with Gasteiger partial charge in [-0.3, -0.25) is 0 Å². The normalized spacial score (nSPS) is 14.1. The first-order valence-electron chi connectivity index (χ1n) is 20.9. The zero-order valence-corrected chi connectivity index (χ0v) is 27.1. The first kappa shape index (κ1) is 21.4. The van der Waals surface area contributed by atoms with Gasteiger partial charge in [-0.05, 0) is 112 Å². The number of fused-ring (bicyclic) bond motifs is 9. The van der Waals surface area contributed by atoms with Crippen molar-refractivity contribution in [1.29, 1.82) is 0 Å². The predicted octanol–water partition coefficient (Wildman–Crippen LogP) is 14.4. The van der Waals surface area contributed by atoms with Crippen molar-refractivity contribution in [3.8, 4) is 33.4 Å². The monoisotopic (exact) mass is 654 g/mol. The fraction of sp³-hybridized carbons (Fsp3) is 0. The number of hydrogen-bond donors (Lipinski definition) is 0. The minimum atomic E-state index is -0.435. The Morgan fingerprint density at radius 3 is 1.63 bits per heavy atom. The molecule has 1 aromatic heterocycles. The van der Waals surface area contributed by atoms with Gasteiger partial charge in [0.25, 0.3) is 0 Å². The minimum absolute atomic E-state index is 0.172. The highest BCUT2D eigenvalue weighted by molar-refractivity contribution is 6.22. The molecule has 0 saturated heterocycles. The van der Waals surface area contributed by atoms with Crippen LogP contribution in [0.5, 0.6) is 0 Å². The van der Waals surface area contributed by atoms with E-state index < -0.39 is 24.2 Å². The molecule has 1 heteroatoms. The lowest BCUT2D eigenvalue weighted by atomic mass is 9.85. The fourth-order valence-corrected chi connectivity index (χ4v) is 7.93. The fourth-order valence-electron chi connectivity index (χ4n) is 7.93. The van der Waals surface area contributed by atoms with Crippen LogP contribution >= 0.6 is 0 Å². The molecule has 0 aliphatic carbocycles. The van der Waals surface area contributed by atoms with Gasteiger partial charge in [0.1, 0.15) is 11.2 Å². The standard InChI is InChI=1S/C50H30O/c1-2-12-35-30-48-46(28-34(35)11-1)45-29-36(25-27-47(45)51-48)50-43-16-7-5-14-41(43)49(42-15-6-8-17-44(42)50)33-22-20-32(21-23-33)38-18-9-19-39-37-13-4-3-10-31(37)24-26-40(38)39/h1-30H/i5D,6D,7D,8D,14D,15D,16D,17D. The van der Waals surface area contributed by atoms with Gasteiger partial charge in [0.05, 0.1) is 11.0 Å². The smallest absolute Gasteiger partial charge is 0.136 e. The molecule has 1 nitrogen and oxygen atoms in total. The van der Waals surface area contributed by atoms with Gasteiger partial charge in [-0.2, -0.15) is 0 Å². The van der Waals surface area contributed by atoms with E-state index in [0.29, 0.717) is 33.4 Å². The molecule has 236 valence electrons. The maximum Gasteiger partial charge on any atom is 0.136 e. The molecule has 10 aromatic carbocycles. The van der Waals surface area contributed by atoms with Gasteiger partial charge in [-0.1, -0.05) is 158 Å². The lowest BCUT2D eigenvalue weighted by Gasteiger charge is -2.18. The van der Waals surface area contributed by atoms with Crippen LogP contribution < -0.4 is 0 Å². The van der Waals surface area contributed by atoms with E-state index in [1.54, 1.807) is 6.07 Å². The van der Waals surface area contributed by atoms with Gasteiger partial charge < -0.3 is 4.42 Å². The van der Waals surface area contributed by atoms with Crippen LogP contribution in [0, 0.1) is 0 Å². The molecular formula is C50H30O. The Hall–Kier alpha value is -6.70. The molecule has 11 aromatic rings. The van der Waals surface area contributed by atoms with Crippen LogP contribution in [0.25, 0.3) is 109 Å². The van der Waals surface area contributed by atoms with Crippen molar-refractivity contribution in [2.45, 2.75) is 0 Å². The minimum Gasteiger partial charge on any atom is -0.456 e. The molecule has 0 fully saturated rings. The second-order valence-corrected chi connectivity index (χ2v) is 13.0. The summed E-state index contributed by atoms with van der Waals surface area (Å²) in [6.07, 6.45) is 0. The Balaban J connectivity index is 1.22. The van der Waals surface area contributed by atoms with Crippen LogP contribution in [-0.4, -0.2) is 0 Å². The highest BCUT2D eigenvalue weighted by Gasteiger charge is 2.18. The Morgan fingerprint density at radius 1 is 0.333 bits per heavy atom. The molecule has 0 amide bonds. The Labute approximate surface area is 305 Å². The summed E-state index contributed by atoms with van der Waals surface area (Å²) >= 11 is 0. The summed E-state index contributed by atoms with van der Waals surface area (Å²) in [6.45, 7) is 0. The van der Waals surface area contributed by atoms with Gasteiger partial charge in [0.15, 0.2) is 0 Å². The van der Waals surface area contributed by atoms with Crippen LogP contribution in [-0.2, 0) is 0 Å². The van der Waals surface area contributed by atoms with Crippen molar-refractivity contribution in [2.75, 3.05) is 0 Å². The average molecular weight is 655 g/mol. The number of benzene rings is 10. The molecular weight excluding hydrogens is 617 g/mol. The molecule has 1 heterocycles. The van der Waals surface area contributed by atoms with Crippen LogP contribution in [0.3, 0.4) is 0 Å². The molecule has 0 bridgehead atoms. The van der Waals surface area contributed by atoms with Crippen molar-refractivity contribution in [1.82, 2.24) is 0 Å². The maximum atomic E-state index is 9.40. The first-order chi connectivity index (χ1) is 28.6. The van der Waals surface area contributed by atoms with E-state index in [1.165, 1.54) is 0 Å². The van der Waals surface area contributed by atoms with Gasteiger partial charge in [-0.25, -0.2) is 0 Å². The molecule has 0 saturated carbocycles. The summed E-state index contributed by atoms with van der Waals surface area (Å²) in [6, 6.07) is 41.0. The van der Waals surface area contributed by atoms with Gasteiger partial charge in [0.2, 0.25) is 0 Å². The number of rotatable bonds is 3. The highest BCUT2D eigenvalue weighted by atomic mass is 16.3. The van der Waals surface area contributed by atoms with E-state index >= 15 is 0 Å². The van der Waals surface area contributed by atoms with E-state index in [0.717, 1.165) is 54.2 Å². The quantitative estimate of drug-likeness (QED) is 0.136. The average Bonchev–Trinajstić information content (AvgIpc) is 3.63. The molecule has 0 aliphatic rings. The zero-order chi connectivity index (χ0) is 40.4. The first-order valence-corrected chi connectivity index (χ1v) is 16.9. The van der Waals surface area contributed by atoms with Crippen LogP contribution in [0.4, 0.5) is 0 Å². The van der Waals surface area contributed by atoms with Crippen molar-refractivity contribution in [3.63, 3.8) is 0 Å². The van der Waals surface area contributed by atoms with Crippen LogP contribution in [0.1, 0.15) is 11.0 Å². The summed E-state index contributed by atoms with van der Waals surface area (Å²) in [5.74, 6) is 0. The van der Waals surface area contributed by atoms with Crippen molar-refractivity contribution in [2.24, 2.45) is 0 Å². The summed E-state index contributed by atoms with van der Waals surface area (Å²) in [5, 5.41) is 8.88. The topological polar surface area (TPSA) is 13.1 Å². The highest BCUT2D eigenvalue weighted by Crippen LogP contribution is 2.45. The van der Waals surface area contributed by atoms with Gasteiger partial charge in [-0.15, -0.1) is 0 Å². The van der Waals surface area contributed by atoms with E-state index in [9.17, 15) is 5.48 Å². The maximum absolute atomic E-state index is 9.40. The Bertz CT molecular complexity index is 3560. The summed E-state index contributed by atoms with van der Waals surface area (Å²) in [4.78, 5) is 0. The third-order valence-electron chi connectivity index (χ3n) is 10.3. The number of hydrogen-bond acceptors (Lipinski definition) is 1. The molecule has 0 spiro atoms.